The van der Waals surface area contributed by atoms with Crippen molar-refractivity contribution in [2.75, 3.05) is 6.54 Å². The molecule has 0 saturated carbocycles. The monoisotopic (exact) mass is 435 g/mol. The molecule has 1 amide bonds. The third-order valence-corrected chi connectivity index (χ3v) is 7.16. The molecule has 1 N–H and O–H groups in total. The second kappa shape index (κ2) is 7.56. The van der Waals surface area contributed by atoms with Crippen LogP contribution in [-0.2, 0) is 11.2 Å². The van der Waals surface area contributed by atoms with Gasteiger partial charge in [-0.1, -0.05) is 48.0 Å². The molecule has 0 aliphatic carbocycles. The number of aromatic nitrogens is 2. The Bertz CT molecular complexity index is 1240. The lowest BCUT2D eigenvalue weighted by atomic mass is 9.83. The highest BCUT2D eigenvalue weighted by molar-refractivity contribution is 7.09. The minimum absolute atomic E-state index is 0.0159. The molecule has 0 bridgehead atoms. The minimum Gasteiger partial charge on any atom is -0.356 e. The zero-order valence-corrected chi connectivity index (χ0v) is 18.4. The number of aromatic amines is 1. The number of H-pyrrole nitrogens is 1. The van der Waals surface area contributed by atoms with Gasteiger partial charge in [0.05, 0.1) is 23.2 Å². The van der Waals surface area contributed by atoms with E-state index in [1.807, 2.05) is 41.5 Å². The summed E-state index contributed by atoms with van der Waals surface area (Å²) in [6, 6.07) is 16.2. The molecule has 1 aliphatic heterocycles. The second-order valence-corrected chi connectivity index (χ2v) is 9.30. The van der Waals surface area contributed by atoms with Crippen molar-refractivity contribution in [1.29, 1.82) is 0 Å². The Labute approximate surface area is 184 Å². The summed E-state index contributed by atoms with van der Waals surface area (Å²) >= 11 is 8.20. The van der Waals surface area contributed by atoms with E-state index in [2.05, 4.69) is 41.2 Å². The van der Waals surface area contributed by atoms with Crippen molar-refractivity contribution >= 4 is 39.7 Å². The Balaban J connectivity index is 1.61. The van der Waals surface area contributed by atoms with Crippen LogP contribution in [0.25, 0.3) is 10.9 Å². The number of halogens is 1. The number of benzene rings is 2. The molecule has 152 valence electrons. The summed E-state index contributed by atoms with van der Waals surface area (Å²) in [5.41, 5.74) is 5.33. The van der Waals surface area contributed by atoms with Crippen LogP contribution in [0.4, 0.5) is 0 Å². The van der Waals surface area contributed by atoms with Crippen LogP contribution < -0.4 is 0 Å². The highest BCUT2D eigenvalue weighted by Crippen LogP contribution is 2.44. The normalized spacial score (nSPS) is 18.6. The molecule has 0 fully saturated rings. The molecule has 30 heavy (non-hydrogen) atoms. The zero-order valence-electron chi connectivity index (χ0n) is 16.9. The predicted octanol–water partition coefficient (Wildman–Crippen LogP) is 5.86. The molecular weight excluding hydrogens is 414 g/mol. The Morgan fingerprint density at radius 3 is 2.77 bits per heavy atom. The highest BCUT2D eigenvalue weighted by Gasteiger charge is 2.37. The number of nitrogens with zero attached hydrogens (tertiary/aromatic N) is 2. The average molecular weight is 436 g/mol. The first-order chi connectivity index (χ1) is 14.5. The largest absolute Gasteiger partial charge is 0.356 e. The van der Waals surface area contributed by atoms with Gasteiger partial charge >= 0.3 is 0 Å². The number of rotatable bonds is 3. The number of hydrogen-bond donors (Lipinski definition) is 1. The molecule has 0 radical (unpaired) electrons. The molecule has 0 spiro atoms. The number of hydrogen-bond acceptors (Lipinski definition) is 3. The first kappa shape index (κ1) is 19.3. The molecule has 6 heteroatoms. The Morgan fingerprint density at radius 2 is 2.00 bits per heavy atom. The van der Waals surface area contributed by atoms with Gasteiger partial charge in [-0.05, 0) is 37.1 Å². The van der Waals surface area contributed by atoms with E-state index in [-0.39, 0.29) is 17.9 Å². The predicted molar refractivity (Wildman–Crippen MR) is 122 cm³/mol. The van der Waals surface area contributed by atoms with Crippen LogP contribution in [0.3, 0.4) is 0 Å². The van der Waals surface area contributed by atoms with Gasteiger partial charge in [0.25, 0.3) is 0 Å². The number of amides is 1. The van der Waals surface area contributed by atoms with Crippen LogP contribution in [0.1, 0.15) is 46.4 Å². The van der Waals surface area contributed by atoms with E-state index >= 15 is 0 Å². The molecule has 2 aromatic heterocycles. The lowest BCUT2D eigenvalue weighted by Gasteiger charge is -2.38. The third-order valence-electron chi connectivity index (χ3n) is 5.99. The van der Waals surface area contributed by atoms with Gasteiger partial charge in [-0.2, -0.15) is 0 Å². The van der Waals surface area contributed by atoms with Crippen LogP contribution >= 0.6 is 22.9 Å². The van der Waals surface area contributed by atoms with Crippen LogP contribution in [-0.4, -0.2) is 27.3 Å². The van der Waals surface area contributed by atoms with E-state index in [9.17, 15) is 4.79 Å². The second-order valence-electron chi connectivity index (χ2n) is 7.83. The molecule has 1 aliphatic rings. The van der Waals surface area contributed by atoms with Crippen LogP contribution in [0.5, 0.6) is 0 Å². The van der Waals surface area contributed by atoms with Gasteiger partial charge in [0.2, 0.25) is 5.91 Å². The van der Waals surface area contributed by atoms with Gasteiger partial charge in [-0.15, -0.1) is 11.3 Å². The SMILES string of the molecule is Cc1nc(CC(=O)N2CC(c3ccccc3Cl)c3c([nH]c4ccccc34)C2C)cs1. The fourth-order valence-electron chi connectivity index (χ4n) is 4.57. The zero-order chi connectivity index (χ0) is 20.8. The van der Waals surface area contributed by atoms with Gasteiger partial charge in [0.1, 0.15) is 0 Å². The van der Waals surface area contributed by atoms with Crippen molar-refractivity contribution in [2.45, 2.75) is 32.2 Å². The summed E-state index contributed by atoms with van der Waals surface area (Å²) in [5, 5.41) is 4.89. The Hall–Kier alpha value is -2.63. The summed E-state index contributed by atoms with van der Waals surface area (Å²) in [5.74, 6) is 0.108. The van der Waals surface area contributed by atoms with Crippen LogP contribution in [0.15, 0.2) is 53.9 Å². The van der Waals surface area contributed by atoms with E-state index in [0.29, 0.717) is 13.0 Å². The molecular formula is C24H22ClN3OS. The van der Waals surface area contributed by atoms with Crippen molar-refractivity contribution in [3.05, 3.63) is 86.5 Å². The van der Waals surface area contributed by atoms with Gasteiger partial charge in [-0.3, -0.25) is 4.79 Å². The molecule has 2 aromatic carbocycles. The maximum Gasteiger partial charge on any atom is 0.229 e. The highest BCUT2D eigenvalue weighted by atomic mass is 35.5. The van der Waals surface area contributed by atoms with E-state index in [0.717, 1.165) is 32.5 Å². The molecule has 4 aromatic rings. The number of thiazole rings is 1. The standard InChI is InChI=1S/C24H22ClN3OS/c1-14-24-23(18-8-4-6-10-21(18)27-24)19(17-7-3-5-9-20(17)25)12-28(14)22(29)11-16-13-30-15(2)26-16/h3-10,13-14,19,27H,11-12H2,1-2H3. The van der Waals surface area contributed by atoms with Crippen molar-refractivity contribution in [3.63, 3.8) is 0 Å². The van der Waals surface area contributed by atoms with Gasteiger partial charge < -0.3 is 9.88 Å². The smallest absolute Gasteiger partial charge is 0.229 e. The Kier molecular flexibility index (Phi) is 4.88. The summed E-state index contributed by atoms with van der Waals surface area (Å²) in [4.78, 5) is 23.4. The lowest BCUT2D eigenvalue weighted by molar-refractivity contribution is -0.133. The molecule has 0 saturated heterocycles. The number of para-hydroxylation sites is 1. The topological polar surface area (TPSA) is 49.0 Å². The minimum atomic E-state index is -0.0432. The fourth-order valence-corrected chi connectivity index (χ4v) is 5.45. The quantitative estimate of drug-likeness (QED) is 0.438. The molecule has 2 unspecified atom stereocenters. The van der Waals surface area contributed by atoms with E-state index in [1.54, 1.807) is 11.3 Å². The maximum atomic E-state index is 13.3. The van der Waals surface area contributed by atoms with Crippen LogP contribution in [0.2, 0.25) is 5.02 Å². The van der Waals surface area contributed by atoms with Crippen molar-refractivity contribution in [2.24, 2.45) is 0 Å². The van der Waals surface area contributed by atoms with E-state index in [4.69, 9.17) is 11.6 Å². The summed E-state index contributed by atoms with van der Waals surface area (Å²) in [6.45, 7) is 4.66. The van der Waals surface area contributed by atoms with Crippen molar-refractivity contribution in [3.8, 4) is 0 Å². The van der Waals surface area contributed by atoms with Gasteiger partial charge in [-0.25, -0.2) is 4.98 Å². The molecule has 3 heterocycles. The first-order valence-corrected chi connectivity index (χ1v) is 11.3. The van der Waals surface area contributed by atoms with Gasteiger partial charge in [0, 0.05) is 39.5 Å². The number of carbonyl (C=O) groups excluding carboxylic acids is 1. The number of carbonyl (C=O) groups is 1. The average Bonchev–Trinajstić information content (AvgIpc) is 3.33. The van der Waals surface area contributed by atoms with E-state index in [1.165, 1.54) is 10.9 Å². The Morgan fingerprint density at radius 1 is 1.23 bits per heavy atom. The molecule has 2 atom stereocenters. The summed E-state index contributed by atoms with van der Waals surface area (Å²) < 4.78 is 0. The third kappa shape index (κ3) is 3.22. The number of fused-ring (bicyclic) bond motifs is 3. The first-order valence-electron chi connectivity index (χ1n) is 10.1. The van der Waals surface area contributed by atoms with Crippen molar-refractivity contribution in [1.82, 2.24) is 14.9 Å². The van der Waals surface area contributed by atoms with Crippen LogP contribution in [0, 0.1) is 6.92 Å². The summed E-state index contributed by atoms with van der Waals surface area (Å²) in [7, 11) is 0. The van der Waals surface area contributed by atoms with Crippen molar-refractivity contribution < 1.29 is 4.79 Å². The number of aryl methyl sites for hydroxylation is 1. The van der Waals surface area contributed by atoms with E-state index < -0.39 is 0 Å². The maximum absolute atomic E-state index is 13.3. The molecule has 4 nitrogen and oxygen atoms in total. The molecule has 5 rings (SSSR count). The number of nitrogens with one attached hydrogen (secondary N) is 1. The summed E-state index contributed by atoms with van der Waals surface area (Å²) in [6.07, 6.45) is 0.319. The fraction of sp³-hybridized carbons (Fsp3) is 0.250. The lowest BCUT2D eigenvalue weighted by Crippen LogP contribution is -2.42. The van der Waals surface area contributed by atoms with Gasteiger partial charge in [0.15, 0.2) is 0 Å².